The van der Waals surface area contributed by atoms with E-state index in [1.54, 1.807) is 13.0 Å². The number of aryl methyl sites for hydroxylation is 1. The van der Waals surface area contributed by atoms with Crippen LogP contribution in [0.2, 0.25) is 0 Å². The second kappa shape index (κ2) is 9.44. The van der Waals surface area contributed by atoms with Gasteiger partial charge in [0.15, 0.2) is 5.71 Å². The van der Waals surface area contributed by atoms with Crippen LogP contribution in [0.25, 0.3) is 0 Å². The summed E-state index contributed by atoms with van der Waals surface area (Å²) < 4.78 is 14.3. The van der Waals surface area contributed by atoms with Crippen LogP contribution in [0, 0.1) is 12.7 Å². The van der Waals surface area contributed by atoms with E-state index in [-0.39, 0.29) is 12.2 Å². The van der Waals surface area contributed by atoms with Crippen molar-refractivity contribution in [3.63, 3.8) is 0 Å². The van der Waals surface area contributed by atoms with Crippen molar-refractivity contribution in [3.8, 4) is 0 Å². The molecule has 0 heterocycles. The number of nitrogens with one attached hydrogen (secondary N) is 1. The third-order valence-corrected chi connectivity index (χ3v) is 3.69. The Morgan fingerprint density at radius 2 is 1.96 bits per heavy atom. The third-order valence-electron chi connectivity index (χ3n) is 3.69. The summed E-state index contributed by atoms with van der Waals surface area (Å²) in [5, 5.41) is 16.4. The number of carbonyl (C=O) groups excluding carboxylic acids is 1. The summed E-state index contributed by atoms with van der Waals surface area (Å²) in [7, 11) is 1.21. The monoisotopic (exact) mass is 373 g/mol. The maximum absolute atomic E-state index is 14.3. The molecule has 2 aromatic rings. The highest BCUT2D eigenvalue weighted by molar-refractivity contribution is 6.45. The fourth-order valence-corrected chi connectivity index (χ4v) is 2.42. The highest BCUT2D eigenvalue weighted by Crippen LogP contribution is 2.17. The van der Waals surface area contributed by atoms with Gasteiger partial charge in [-0.1, -0.05) is 52.3 Å². The normalized spacial score (nSPS) is 11.9. The Kier molecular flexibility index (Phi) is 7.01. The van der Waals surface area contributed by atoms with Crippen molar-refractivity contribution < 1.29 is 24.1 Å². The van der Waals surface area contributed by atoms with Crippen LogP contribution in [-0.2, 0) is 21.1 Å². The minimum Gasteiger partial charge on any atom is -0.398 e. The second-order valence-electron chi connectivity index (χ2n) is 5.66. The average molecular weight is 373 g/mol. The Hall–Kier alpha value is -3.26. The quantitative estimate of drug-likeness (QED) is 0.443. The first-order valence-electron chi connectivity index (χ1n) is 8.04. The summed E-state index contributed by atoms with van der Waals surface area (Å²) in [6.45, 7) is 3.65. The van der Waals surface area contributed by atoms with Crippen LogP contribution < -0.4 is 5.48 Å². The SMILES string of the molecule is CO/N=C(/C(=O)NO)c1c(F)cccc1CO/N=C(\C)c1cccc(C)c1. The summed E-state index contributed by atoms with van der Waals surface area (Å²) in [6.07, 6.45) is 0. The van der Waals surface area contributed by atoms with Gasteiger partial charge in [0.25, 0.3) is 5.91 Å². The van der Waals surface area contributed by atoms with E-state index < -0.39 is 17.4 Å². The molecule has 0 bridgehead atoms. The van der Waals surface area contributed by atoms with Gasteiger partial charge in [0, 0.05) is 5.56 Å². The molecule has 2 N–H and O–H groups in total. The summed E-state index contributed by atoms with van der Waals surface area (Å²) in [4.78, 5) is 21.7. The molecule has 27 heavy (non-hydrogen) atoms. The van der Waals surface area contributed by atoms with Crippen molar-refractivity contribution in [2.24, 2.45) is 10.3 Å². The number of amides is 1. The molecule has 0 radical (unpaired) electrons. The number of rotatable bonds is 7. The molecular weight excluding hydrogens is 353 g/mol. The number of hydrogen-bond acceptors (Lipinski definition) is 6. The number of benzene rings is 2. The van der Waals surface area contributed by atoms with Crippen molar-refractivity contribution in [3.05, 3.63) is 70.5 Å². The van der Waals surface area contributed by atoms with Crippen LogP contribution in [-0.4, -0.2) is 29.6 Å². The average Bonchev–Trinajstić information content (AvgIpc) is 2.66. The predicted octanol–water partition coefficient (Wildman–Crippen LogP) is 2.93. The van der Waals surface area contributed by atoms with Gasteiger partial charge < -0.3 is 9.68 Å². The minimum absolute atomic E-state index is 0.113. The Balaban J connectivity index is 2.27. The zero-order valence-electron chi connectivity index (χ0n) is 15.2. The number of hydroxylamine groups is 1. The van der Waals surface area contributed by atoms with E-state index in [2.05, 4.69) is 15.1 Å². The first-order chi connectivity index (χ1) is 13.0. The molecule has 0 aromatic heterocycles. The molecule has 0 fully saturated rings. The third kappa shape index (κ3) is 5.11. The lowest BCUT2D eigenvalue weighted by molar-refractivity contribution is -0.122. The van der Waals surface area contributed by atoms with E-state index in [0.717, 1.165) is 17.2 Å². The van der Waals surface area contributed by atoms with E-state index in [1.807, 2.05) is 31.2 Å². The molecule has 7 nitrogen and oxygen atoms in total. The van der Waals surface area contributed by atoms with E-state index in [1.165, 1.54) is 18.7 Å². The van der Waals surface area contributed by atoms with Crippen LogP contribution in [0.15, 0.2) is 52.8 Å². The molecule has 0 saturated carbocycles. The van der Waals surface area contributed by atoms with E-state index in [4.69, 9.17) is 10.0 Å². The van der Waals surface area contributed by atoms with Gasteiger partial charge in [-0.3, -0.25) is 10.0 Å². The zero-order chi connectivity index (χ0) is 19.8. The first-order valence-corrected chi connectivity index (χ1v) is 8.04. The Bertz CT molecular complexity index is 881. The number of carbonyl (C=O) groups is 1. The maximum atomic E-state index is 14.3. The number of hydrogen-bond donors (Lipinski definition) is 2. The molecular formula is C19H20FN3O4. The van der Waals surface area contributed by atoms with Crippen molar-refractivity contribution in [1.29, 1.82) is 0 Å². The van der Waals surface area contributed by atoms with Crippen LogP contribution in [0.5, 0.6) is 0 Å². The van der Waals surface area contributed by atoms with Crippen molar-refractivity contribution in [2.75, 3.05) is 7.11 Å². The van der Waals surface area contributed by atoms with Crippen LogP contribution in [0.4, 0.5) is 4.39 Å². The van der Waals surface area contributed by atoms with Crippen LogP contribution in [0.1, 0.15) is 29.2 Å². The lowest BCUT2D eigenvalue weighted by atomic mass is 10.0. The molecule has 2 aromatic carbocycles. The summed E-state index contributed by atoms with van der Waals surface area (Å²) in [6, 6.07) is 11.9. The fourth-order valence-electron chi connectivity index (χ4n) is 2.42. The van der Waals surface area contributed by atoms with Crippen molar-refractivity contribution in [1.82, 2.24) is 5.48 Å². The first kappa shape index (κ1) is 20.1. The maximum Gasteiger partial charge on any atom is 0.297 e. The molecule has 0 saturated heterocycles. The lowest BCUT2D eigenvalue weighted by Crippen LogP contribution is -2.30. The van der Waals surface area contributed by atoms with Gasteiger partial charge >= 0.3 is 0 Å². The van der Waals surface area contributed by atoms with Gasteiger partial charge in [-0.15, -0.1) is 0 Å². The molecule has 0 unspecified atom stereocenters. The van der Waals surface area contributed by atoms with Gasteiger partial charge in [-0.25, -0.2) is 9.87 Å². The molecule has 142 valence electrons. The van der Waals surface area contributed by atoms with Crippen molar-refractivity contribution >= 4 is 17.3 Å². The predicted molar refractivity (Wildman–Crippen MR) is 98.1 cm³/mol. The Labute approximate surface area is 156 Å². The lowest BCUT2D eigenvalue weighted by Gasteiger charge is -2.11. The molecule has 0 aliphatic rings. The largest absolute Gasteiger partial charge is 0.398 e. The Morgan fingerprint density at radius 3 is 2.63 bits per heavy atom. The van der Waals surface area contributed by atoms with E-state index in [9.17, 15) is 9.18 Å². The molecule has 2 rings (SSSR count). The topological polar surface area (TPSA) is 92.5 Å². The molecule has 0 atom stereocenters. The smallest absolute Gasteiger partial charge is 0.297 e. The highest BCUT2D eigenvalue weighted by atomic mass is 19.1. The molecule has 8 heteroatoms. The van der Waals surface area contributed by atoms with E-state index >= 15 is 0 Å². The number of nitrogens with zero attached hydrogens (tertiary/aromatic N) is 2. The minimum atomic E-state index is -1.01. The zero-order valence-corrected chi connectivity index (χ0v) is 15.2. The number of halogens is 1. The van der Waals surface area contributed by atoms with Gasteiger partial charge in [-0.2, -0.15) is 0 Å². The molecule has 1 amide bonds. The standard InChI is InChI=1S/C19H20FN3O4/c1-12-6-4-7-14(10-12)13(2)22-27-11-15-8-5-9-16(20)17(15)18(23-26-3)19(24)21-25/h4-10,25H,11H2,1-3H3,(H,21,24)/b22-13+,23-18+. The van der Waals surface area contributed by atoms with Gasteiger partial charge in [0.2, 0.25) is 0 Å². The summed E-state index contributed by atoms with van der Waals surface area (Å²) in [5.41, 5.74) is 3.81. The number of oxime groups is 2. The van der Waals surface area contributed by atoms with E-state index in [0.29, 0.717) is 11.3 Å². The van der Waals surface area contributed by atoms with Crippen LogP contribution >= 0.6 is 0 Å². The molecule has 0 aliphatic carbocycles. The summed E-state index contributed by atoms with van der Waals surface area (Å²) >= 11 is 0. The van der Waals surface area contributed by atoms with Gasteiger partial charge in [-0.05, 0) is 25.5 Å². The second-order valence-corrected chi connectivity index (χ2v) is 5.66. The molecule has 0 spiro atoms. The van der Waals surface area contributed by atoms with Crippen molar-refractivity contribution in [2.45, 2.75) is 20.5 Å². The Morgan fingerprint density at radius 1 is 1.22 bits per heavy atom. The molecule has 0 aliphatic heterocycles. The fraction of sp³-hybridized carbons (Fsp3) is 0.211. The highest BCUT2D eigenvalue weighted by Gasteiger charge is 2.22. The van der Waals surface area contributed by atoms with Gasteiger partial charge in [0.1, 0.15) is 19.5 Å². The van der Waals surface area contributed by atoms with Gasteiger partial charge in [0.05, 0.1) is 11.3 Å². The van der Waals surface area contributed by atoms with Crippen LogP contribution in [0.3, 0.4) is 0 Å². The summed E-state index contributed by atoms with van der Waals surface area (Å²) in [5.74, 6) is -1.72.